The second-order valence-electron chi connectivity index (χ2n) is 12.5. The quantitative estimate of drug-likeness (QED) is 0.129. The number of pyridine rings is 1. The Balaban J connectivity index is 1.11. The van der Waals surface area contributed by atoms with Crippen LogP contribution in [0.1, 0.15) is 48.3 Å². The molecule has 0 spiro atoms. The number of nitrogens with zero attached hydrogens (tertiary/aromatic N) is 2. The van der Waals surface area contributed by atoms with Gasteiger partial charge in [0.2, 0.25) is 0 Å². The van der Waals surface area contributed by atoms with Crippen molar-refractivity contribution in [3.8, 4) is 5.75 Å². The van der Waals surface area contributed by atoms with Crippen molar-refractivity contribution < 1.29 is 38.3 Å². The molecule has 0 radical (unpaired) electrons. The number of ether oxygens (including phenoxy) is 6. The van der Waals surface area contributed by atoms with Gasteiger partial charge >= 0.3 is 6.09 Å². The summed E-state index contributed by atoms with van der Waals surface area (Å²) in [7, 11) is 0. The van der Waals surface area contributed by atoms with E-state index in [-0.39, 0.29) is 25.3 Å². The second-order valence-corrected chi connectivity index (χ2v) is 12.5. The molecule has 1 N–H and O–H groups in total. The smallest absolute Gasteiger partial charge is 0.407 e. The van der Waals surface area contributed by atoms with E-state index < -0.39 is 18.3 Å². The molecule has 2 fully saturated rings. The van der Waals surface area contributed by atoms with Crippen LogP contribution in [-0.2, 0) is 36.9 Å². The maximum absolute atomic E-state index is 12.3. The third kappa shape index (κ3) is 10.2. The molecule has 0 saturated carbocycles. The number of likely N-dealkylation sites (tertiary alicyclic amines) is 1. The highest BCUT2D eigenvalue weighted by atomic mass is 16.7. The minimum atomic E-state index is -1.00. The first-order valence-electron chi connectivity index (χ1n) is 17.2. The number of piperidine rings is 1. The van der Waals surface area contributed by atoms with Crippen LogP contribution in [0.2, 0.25) is 0 Å². The van der Waals surface area contributed by atoms with Crippen molar-refractivity contribution in [1.82, 2.24) is 9.88 Å². The lowest BCUT2D eigenvalue weighted by Gasteiger charge is -2.42. The predicted molar refractivity (Wildman–Crippen MR) is 185 cm³/mol. The van der Waals surface area contributed by atoms with Gasteiger partial charge < -0.3 is 38.4 Å². The van der Waals surface area contributed by atoms with E-state index in [1.54, 1.807) is 6.20 Å². The molecule has 0 aliphatic carbocycles. The molecule has 2 aliphatic rings. The van der Waals surface area contributed by atoms with Crippen LogP contribution in [0.15, 0.2) is 91.1 Å². The maximum atomic E-state index is 12.3. The summed E-state index contributed by atoms with van der Waals surface area (Å²) >= 11 is 0. The summed E-state index contributed by atoms with van der Waals surface area (Å²) in [5.74, 6) is 0.537. The standard InChI is InChI=1S/C39H46N2O8/c42-39(43)41-25-35(46-22-23-48-37-11-4-5-20-47-37)38(36(26-41)49-28-30-12-13-31-10-6-18-40-34(31)24-30)32-14-16-33(17-15-32)45-21-7-19-44-27-29-8-2-1-3-9-29/h1-3,6,8-10,12-18,24,35-38H,4-5,7,11,19-23,25-28H2,(H,42,43). The Labute approximate surface area is 287 Å². The van der Waals surface area contributed by atoms with Crippen molar-refractivity contribution in [2.45, 2.75) is 63.3 Å². The Morgan fingerprint density at radius 1 is 0.816 bits per heavy atom. The van der Waals surface area contributed by atoms with Crippen molar-refractivity contribution in [3.63, 3.8) is 0 Å². The number of aromatic nitrogens is 1. The topological polar surface area (TPSA) is 109 Å². The summed E-state index contributed by atoms with van der Waals surface area (Å²) in [5, 5.41) is 11.1. The van der Waals surface area contributed by atoms with Crippen molar-refractivity contribution in [1.29, 1.82) is 0 Å². The molecule has 2 aliphatic heterocycles. The van der Waals surface area contributed by atoms with Gasteiger partial charge in [0, 0.05) is 30.5 Å². The average Bonchev–Trinajstić information content (AvgIpc) is 3.15. The third-order valence-corrected chi connectivity index (χ3v) is 8.94. The molecule has 10 heteroatoms. The van der Waals surface area contributed by atoms with Crippen LogP contribution in [-0.4, -0.2) is 85.7 Å². The molecule has 3 heterocycles. The molecular weight excluding hydrogens is 624 g/mol. The fourth-order valence-corrected chi connectivity index (χ4v) is 6.40. The Hall–Kier alpha value is -4.06. The van der Waals surface area contributed by atoms with Crippen LogP contribution < -0.4 is 4.74 Å². The van der Waals surface area contributed by atoms with E-state index in [1.807, 2.05) is 72.8 Å². The van der Waals surface area contributed by atoms with Crippen LogP contribution in [0, 0.1) is 0 Å². The Kier molecular flexibility index (Phi) is 12.8. The molecule has 49 heavy (non-hydrogen) atoms. The van der Waals surface area contributed by atoms with Crippen LogP contribution >= 0.6 is 0 Å². The zero-order chi connectivity index (χ0) is 33.7. The van der Waals surface area contributed by atoms with Gasteiger partial charge in [0.05, 0.1) is 70.5 Å². The number of hydrogen-bond donors (Lipinski definition) is 1. The number of rotatable bonds is 16. The van der Waals surface area contributed by atoms with Gasteiger partial charge in [-0.25, -0.2) is 4.79 Å². The molecule has 0 bridgehead atoms. The van der Waals surface area contributed by atoms with Crippen molar-refractivity contribution in [3.05, 3.63) is 108 Å². The lowest BCUT2D eigenvalue weighted by molar-refractivity contribution is -0.175. The number of carbonyl (C=O) groups is 1. The maximum Gasteiger partial charge on any atom is 0.407 e. The highest BCUT2D eigenvalue weighted by Gasteiger charge is 2.41. The zero-order valence-corrected chi connectivity index (χ0v) is 27.9. The highest BCUT2D eigenvalue weighted by Crippen LogP contribution is 2.34. The predicted octanol–water partition coefficient (Wildman–Crippen LogP) is 6.81. The monoisotopic (exact) mass is 670 g/mol. The molecule has 4 aromatic rings. The first-order valence-corrected chi connectivity index (χ1v) is 17.2. The van der Waals surface area contributed by atoms with Gasteiger partial charge in [-0.3, -0.25) is 4.98 Å². The van der Waals surface area contributed by atoms with Gasteiger partial charge in [-0.15, -0.1) is 0 Å². The number of amides is 1. The minimum absolute atomic E-state index is 0.217. The Morgan fingerprint density at radius 3 is 2.43 bits per heavy atom. The molecule has 1 amide bonds. The van der Waals surface area contributed by atoms with E-state index >= 15 is 0 Å². The normalized spacial score (nSPS) is 21.1. The van der Waals surface area contributed by atoms with Crippen molar-refractivity contribution in [2.24, 2.45) is 0 Å². The van der Waals surface area contributed by atoms with Crippen LogP contribution in [0.4, 0.5) is 4.79 Å². The second kappa shape index (κ2) is 18.1. The summed E-state index contributed by atoms with van der Waals surface area (Å²) in [5.41, 5.74) is 4.00. The van der Waals surface area contributed by atoms with Crippen molar-refractivity contribution >= 4 is 17.0 Å². The number of fused-ring (bicyclic) bond motifs is 1. The average molecular weight is 671 g/mol. The van der Waals surface area contributed by atoms with Gasteiger partial charge in [-0.1, -0.05) is 60.7 Å². The Morgan fingerprint density at radius 2 is 1.63 bits per heavy atom. The lowest BCUT2D eigenvalue weighted by Crippen LogP contribution is -2.54. The molecule has 260 valence electrons. The van der Waals surface area contributed by atoms with E-state index in [1.165, 1.54) is 4.90 Å². The minimum Gasteiger partial charge on any atom is -0.494 e. The van der Waals surface area contributed by atoms with Crippen molar-refractivity contribution in [2.75, 3.05) is 46.1 Å². The summed E-state index contributed by atoms with van der Waals surface area (Å²) < 4.78 is 36.4. The summed E-state index contributed by atoms with van der Waals surface area (Å²) in [6, 6.07) is 28.1. The number of hydrogen-bond acceptors (Lipinski definition) is 8. The third-order valence-electron chi connectivity index (χ3n) is 8.94. The highest BCUT2D eigenvalue weighted by molar-refractivity contribution is 5.78. The molecule has 4 unspecified atom stereocenters. The number of benzene rings is 3. The first-order chi connectivity index (χ1) is 24.1. The van der Waals surface area contributed by atoms with E-state index in [9.17, 15) is 9.90 Å². The van der Waals surface area contributed by atoms with E-state index in [0.717, 1.165) is 59.0 Å². The van der Waals surface area contributed by atoms with Gasteiger partial charge in [0.1, 0.15) is 5.75 Å². The van der Waals surface area contributed by atoms with Crippen LogP contribution in [0.25, 0.3) is 10.9 Å². The van der Waals surface area contributed by atoms with Gasteiger partial charge in [-0.05, 0) is 60.2 Å². The zero-order valence-electron chi connectivity index (χ0n) is 27.9. The molecule has 2 saturated heterocycles. The van der Waals surface area contributed by atoms with Gasteiger partial charge in [0.15, 0.2) is 6.29 Å². The van der Waals surface area contributed by atoms with Gasteiger partial charge in [0.25, 0.3) is 0 Å². The number of carboxylic acid groups (broad SMARTS) is 1. The molecule has 6 rings (SSSR count). The molecule has 3 aromatic carbocycles. The molecule has 4 atom stereocenters. The van der Waals surface area contributed by atoms with E-state index in [2.05, 4.69) is 17.1 Å². The summed E-state index contributed by atoms with van der Waals surface area (Å²) in [6.07, 6.45) is 3.43. The Bertz CT molecular complexity index is 1580. The molecule has 10 nitrogen and oxygen atoms in total. The lowest BCUT2D eigenvalue weighted by atomic mass is 9.84. The van der Waals surface area contributed by atoms with Crippen LogP contribution in [0.3, 0.4) is 0 Å². The van der Waals surface area contributed by atoms with Crippen LogP contribution in [0.5, 0.6) is 5.75 Å². The SMILES string of the molecule is O=C(O)N1CC(OCCOC2CCCCO2)C(c2ccc(OCCCOCc3ccccc3)cc2)C(OCc2ccc3cccnc3c2)C1. The molecular formula is C39H46N2O8. The first kappa shape index (κ1) is 34.8. The molecule has 1 aromatic heterocycles. The fourth-order valence-electron chi connectivity index (χ4n) is 6.40. The summed E-state index contributed by atoms with van der Waals surface area (Å²) in [6.45, 7) is 3.86. The largest absolute Gasteiger partial charge is 0.494 e. The van der Waals surface area contributed by atoms with Gasteiger partial charge in [-0.2, -0.15) is 0 Å². The van der Waals surface area contributed by atoms with E-state index in [4.69, 9.17) is 28.4 Å². The summed E-state index contributed by atoms with van der Waals surface area (Å²) in [4.78, 5) is 18.1. The fraction of sp³-hybridized carbons (Fsp3) is 0.436. The van der Waals surface area contributed by atoms with E-state index in [0.29, 0.717) is 46.2 Å².